The highest BCUT2D eigenvalue weighted by Crippen LogP contribution is 2.36. The van der Waals surface area contributed by atoms with Crippen LogP contribution in [0.5, 0.6) is 0 Å². The summed E-state index contributed by atoms with van der Waals surface area (Å²) in [5.74, 6) is -0.314. The van der Waals surface area contributed by atoms with Crippen molar-refractivity contribution in [2.75, 3.05) is 32.8 Å². The van der Waals surface area contributed by atoms with Gasteiger partial charge in [-0.3, -0.25) is 9.69 Å². The number of hydrogen-bond donors (Lipinski definition) is 1. The van der Waals surface area contributed by atoms with Crippen LogP contribution in [-0.2, 0) is 4.74 Å². The van der Waals surface area contributed by atoms with Crippen molar-refractivity contribution >= 4 is 17.7 Å². The van der Waals surface area contributed by atoms with Gasteiger partial charge in [-0.05, 0) is 41.6 Å². The van der Waals surface area contributed by atoms with Crippen molar-refractivity contribution < 1.29 is 22.7 Å². The molecule has 1 amide bonds. The largest absolute Gasteiger partial charge is 0.446 e. The molecule has 150 valence electrons. The Balaban J connectivity index is 1.69. The van der Waals surface area contributed by atoms with Gasteiger partial charge in [-0.1, -0.05) is 30.3 Å². The molecule has 0 bridgehead atoms. The minimum Gasteiger partial charge on any atom is -0.379 e. The van der Waals surface area contributed by atoms with Crippen molar-refractivity contribution in [2.45, 2.75) is 16.4 Å². The molecule has 1 N–H and O–H groups in total. The molecule has 2 aromatic rings. The summed E-state index contributed by atoms with van der Waals surface area (Å²) in [6, 6.07) is 14.9. The van der Waals surface area contributed by atoms with Gasteiger partial charge in [-0.2, -0.15) is 13.2 Å². The zero-order valence-corrected chi connectivity index (χ0v) is 15.9. The Labute approximate surface area is 166 Å². The average molecular weight is 410 g/mol. The summed E-state index contributed by atoms with van der Waals surface area (Å²) in [4.78, 5) is 15.0. The highest BCUT2D eigenvalue weighted by atomic mass is 32.2. The van der Waals surface area contributed by atoms with Gasteiger partial charge in [0.15, 0.2) is 0 Å². The number of carbonyl (C=O) groups excluding carboxylic acids is 1. The molecule has 1 fully saturated rings. The quantitative estimate of drug-likeness (QED) is 0.728. The smallest absolute Gasteiger partial charge is 0.379 e. The second-order valence-corrected chi connectivity index (χ2v) is 7.56. The van der Waals surface area contributed by atoms with Gasteiger partial charge in [0, 0.05) is 30.1 Å². The van der Waals surface area contributed by atoms with Gasteiger partial charge in [0.2, 0.25) is 0 Å². The molecule has 28 heavy (non-hydrogen) atoms. The average Bonchev–Trinajstić information content (AvgIpc) is 2.68. The number of rotatable bonds is 6. The van der Waals surface area contributed by atoms with Crippen LogP contribution in [0.25, 0.3) is 0 Å². The van der Waals surface area contributed by atoms with Crippen molar-refractivity contribution in [1.82, 2.24) is 10.2 Å². The predicted octanol–water partition coefficient (Wildman–Crippen LogP) is 4.10. The van der Waals surface area contributed by atoms with Crippen molar-refractivity contribution in [1.29, 1.82) is 0 Å². The van der Waals surface area contributed by atoms with Crippen LogP contribution in [0.1, 0.15) is 22.0 Å². The third-order valence-corrected chi connectivity index (χ3v) is 5.14. The van der Waals surface area contributed by atoms with E-state index in [0.29, 0.717) is 25.3 Å². The Morgan fingerprint density at radius 3 is 2.32 bits per heavy atom. The number of ether oxygens (including phenoxy) is 1. The number of nitrogens with zero attached hydrogens (tertiary/aromatic N) is 1. The first kappa shape index (κ1) is 20.7. The summed E-state index contributed by atoms with van der Waals surface area (Å²) in [5, 5.41) is 3.01. The molecule has 1 aliphatic heterocycles. The number of alkyl halides is 3. The molecule has 0 aromatic heterocycles. The van der Waals surface area contributed by atoms with Gasteiger partial charge in [0.05, 0.1) is 19.3 Å². The maximum atomic E-state index is 12.7. The van der Waals surface area contributed by atoms with E-state index < -0.39 is 5.51 Å². The first-order valence-corrected chi connectivity index (χ1v) is 9.74. The van der Waals surface area contributed by atoms with Gasteiger partial charge in [-0.25, -0.2) is 0 Å². The molecule has 0 aliphatic carbocycles. The highest BCUT2D eigenvalue weighted by Gasteiger charge is 2.29. The van der Waals surface area contributed by atoms with Crippen molar-refractivity contribution in [3.63, 3.8) is 0 Å². The summed E-state index contributed by atoms with van der Waals surface area (Å²) in [5.41, 5.74) is -3.04. The molecule has 4 nitrogen and oxygen atoms in total. The minimum absolute atomic E-state index is 0.0528. The Morgan fingerprint density at radius 1 is 1.07 bits per heavy atom. The minimum atomic E-state index is -4.35. The van der Waals surface area contributed by atoms with Crippen molar-refractivity contribution in [3.05, 3.63) is 65.7 Å². The summed E-state index contributed by atoms with van der Waals surface area (Å²) in [7, 11) is 0. The number of morpholine rings is 1. The molecule has 3 rings (SSSR count). The van der Waals surface area contributed by atoms with Crippen LogP contribution in [-0.4, -0.2) is 49.2 Å². The molecule has 1 atom stereocenters. The van der Waals surface area contributed by atoms with E-state index in [9.17, 15) is 18.0 Å². The molecular weight excluding hydrogens is 389 g/mol. The number of halogens is 3. The number of amides is 1. The molecule has 1 aliphatic rings. The van der Waals surface area contributed by atoms with Crippen LogP contribution >= 0.6 is 11.8 Å². The van der Waals surface area contributed by atoms with E-state index in [1.54, 1.807) is 0 Å². The SMILES string of the molecule is O=C(N[C@@H](CN1CCOCC1)c1ccccc1)c1ccc(SC(F)(F)F)cc1. The fourth-order valence-corrected chi connectivity index (χ4v) is 3.55. The zero-order chi connectivity index (χ0) is 20.0. The molecule has 0 saturated carbocycles. The Hall–Kier alpha value is -2.03. The predicted molar refractivity (Wildman–Crippen MR) is 102 cm³/mol. The number of nitrogens with one attached hydrogen (secondary N) is 1. The van der Waals surface area contributed by atoms with Crippen LogP contribution in [0.2, 0.25) is 0 Å². The normalized spacial score (nSPS) is 16.5. The maximum Gasteiger partial charge on any atom is 0.446 e. The van der Waals surface area contributed by atoms with Crippen molar-refractivity contribution in [3.8, 4) is 0 Å². The Bertz CT molecular complexity index is 763. The highest BCUT2D eigenvalue weighted by molar-refractivity contribution is 8.00. The van der Waals surface area contributed by atoms with Gasteiger partial charge in [0.1, 0.15) is 0 Å². The van der Waals surface area contributed by atoms with Gasteiger partial charge in [-0.15, -0.1) is 0 Å². The third kappa shape index (κ3) is 6.25. The fraction of sp³-hybridized carbons (Fsp3) is 0.350. The van der Waals surface area contributed by atoms with E-state index in [0.717, 1.165) is 18.7 Å². The Morgan fingerprint density at radius 2 is 1.71 bits per heavy atom. The number of benzene rings is 2. The standard InChI is InChI=1S/C20H21F3N2O2S/c21-20(22,23)28-17-8-6-16(7-9-17)19(26)24-18(15-4-2-1-3-5-15)14-25-10-12-27-13-11-25/h1-9,18H,10-14H2,(H,24,26)/t18-/m0/s1. The third-order valence-electron chi connectivity index (χ3n) is 4.40. The molecule has 1 heterocycles. The summed E-state index contributed by atoms with van der Waals surface area (Å²) in [6.07, 6.45) is 0. The van der Waals surface area contributed by atoms with Crippen LogP contribution in [0.3, 0.4) is 0 Å². The zero-order valence-electron chi connectivity index (χ0n) is 15.1. The second-order valence-electron chi connectivity index (χ2n) is 6.42. The topological polar surface area (TPSA) is 41.6 Å². The number of hydrogen-bond acceptors (Lipinski definition) is 4. The van der Waals surface area contributed by atoms with Gasteiger partial charge >= 0.3 is 5.51 Å². The van der Waals surface area contributed by atoms with E-state index in [1.165, 1.54) is 24.3 Å². The fourth-order valence-electron chi connectivity index (χ4n) is 3.01. The van der Waals surface area contributed by atoms with Crippen LogP contribution in [0.4, 0.5) is 13.2 Å². The molecule has 0 unspecified atom stereocenters. The van der Waals surface area contributed by atoms with E-state index in [2.05, 4.69) is 10.2 Å². The lowest BCUT2D eigenvalue weighted by Gasteiger charge is -2.31. The van der Waals surface area contributed by atoms with E-state index in [-0.39, 0.29) is 28.6 Å². The lowest BCUT2D eigenvalue weighted by molar-refractivity contribution is -0.0328. The number of carbonyl (C=O) groups is 1. The van der Waals surface area contributed by atoms with Crippen LogP contribution < -0.4 is 5.32 Å². The molecule has 0 spiro atoms. The molecule has 0 radical (unpaired) electrons. The monoisotopic (exact) mass is 410 g/mol. The van der Waals surface area contributed by atoms with Gasteiger partial charge in [0.25, 0.3) is 5.91 Å². The molecule has 2 aromatic carbocycles. The summed E-state index contributed by atoms with van der Waals surface area (Å²) >= 11 is -0.195. The molecule has 8 heteroatoms. The Kier molecular flexibility index (Phi) is 6.98. The summed E-state index contributed by atoms with van der Waals surface area (Å²) in [6.45, 7) is 3.55. The lowest BCUT2D eigenvalue weighted by atomic mass is 10.1. The van der Waals surface area contributed by atoms with Crippen LogP contribution in [0, 0.1) is 0 Å². The molecular formula is C20H21F3N2O2S. The second kappa shape index (κ2) is 9.45. The van der Waals surface area contributed by atoms with Crippen molar-refractivity contribution in [2.24, 2.45) is 0 Å². The first-order valence-electron chi connectivity index (χ1n) is 8.92. The number of thioether (sulfide) groups is 1. The van der Waals surface area contributed by atoms with E-state index in [4.69, 9.17) is 4.74 Å². The summed E-state index contributed by atoms with van der Waals surface area (Å²) < 4.78 is 42.7. The first-order chi connectivity index (χ1) is 13.4. The van der Waals surface area contributed by atoms with Gasteiger partial charge < -0.3 is 10.1 Å². The van der Waals surface area contributed by atoms with E-state index in [1.807, 2.05) is 30.3 Å². The lowest BCUT2D eigenvalue weighted by Crippen LogP contribution is -2.43. The maximum absolute atomic E-state index is 12.7. The molecule has 1 saturated heterocycles. The van der Waals surface area contributed by atoms with Crippen LogP contribution in [0.15, 0.2) is 59.5 Å². The van der Waals surface area contributed by atoms with E-state index >= 15 is 0 Å².